The Hall–Kier alpha value is -2.36. The largest absolute Gasteiger partial charge is 0.426 e. The molecule has 0 aliphatic carbocycles. The number of carbonyl (C=O) groups is 2. The van der Waals surface area contributed by atoms with Crippen LogP contribution in [-0.4, -0.2) is 11.9 Å². The number of hydrogen-bond acceptors (Lipinski definition) is 4. The number of unbranched alkanes of at least 4 members (excludes halogenated alkanes) is 4. The van der Waals surface area contributed by atoms with Gasteiger partial charge in [0, 0.05) is 23.6 Å². The van der Waals surface area contributed by atoms with E-state index in [1.165, 1.54) is 0 Å². The molecular weight excluding hydrogens is 328 g/mol. The van der Waals surface area contributed by atoms with Gasteiger partial charge in [0.25, 0.3) is 0 Å². The highest BCUT2D eigenvalue weighted by atomic mass is 16.5. The maximum Gasteiger partial charge on any atom is 0.311 e. The summed E-state index contributed by atoms with van der Waals surface area (Å²) >= 11 is 0. The fourth-order valence-electron chi connectivity index (χ4n) is 2.81. The third-order valence-electron chi connectivity index (χ3n) is 4.26. The van der Waals surface area contributed by atoms with Gasteiger partial charge in [-0.1, -0.05) is 63.8 Å². The van der Waals surface area contributed by atoms with Crippen molar-refractivity contribution >= 4 is 22.7 Å². The van der Waals surface area contributed by atoms with Crippen molar-refractivity contribution in [3.63, 3.8) is 0 Å². The van der Waals surface area contributed by atoms with Gasteiger partial charge in [-0.05, 0) is 25.0 Å². The lowest BCUT2D eigenvalue weighted by molar-refractivity contribution is -0.135. The van der Waals surface area contributed by atoms with Gasteiger partial charge >= 0.3 is 11.9 Å². The topological polar surface area (TPSA) is 52.6 Å². The van der Waals surface area contributed by atoms with Gasteiger partial charge in [-0.2, -0.15) is 0 Å². The first-order valence-electron chi connectivity index (χ1n) is 9.58. The summed E-state index contributed by atoms with van der Waals surface area (Å²) in [4.78, 5) is 24.1. The molecule has 2 rings (SSSR count). The highest BCUT2D eigenvalue weighted by molar-refractivity contribution is 5.96. The van der Waals surface area contributed by atoms with E-state index in [2.05, 4.69) is 13.8 Å². The van der Waals surface area contributed by atoms with E-state index in [-0.39, 0.29) is 11.9 Å². The van der Waals surface area contributed by atoms with E-state index in [4.69, 9.17) is 9.47 Å². The normalized spacial score (nSPS) is 10.7. The number of rotatable bonds is 10. The van der Waals surface area contributed by atoms with Gasteiger partial charge in [0.15, 0.2) is 0 Å². The highest BCUT2D eigenvalue weighted by Gasteiger charge is 2.13. The first kappa shape index (κ1) is 20.0. The third-order valence-corrected chi connectivity index (χ3v) is 4.26. The summed E-state index contributed by atoms with van der Waals surface area (Å²) in [6, 6.07) is 10.9. The minimum Gasteiger partial charge on any atom is -0.426 e. The second kappa shape index (κ2) is 10.6. The van der Waals surface area contributed by atoms with Crippen LogP contribution in [0.2, 0.25) is 0 Å². The smallest absolute Gasteiger partial charge is 0.311 e. The second-order valence-corrected chi connectivity index (χ2v) is 6.47. The molecule has 0 fully saturated rings. The van der Waals surface area contributed by atoms with E-state index >= 15 is 0 Å². The summed E-state index contributed by atoms with van der Waals surface area (Å²) in [6.07, 6.45) is 6.66. The van der Waals surface area contributed by atoms with Gasteiger partial charge in [0.05, 0.1) is 0 Å². The highest BCUT2D eigenvalue weighted by Crippen LogP contribution is 2.33. The zero-order valence-corrected chi connectivity index (χ0v) is 15.8. The van der Waals surface area contributed by atoms with Crippen molar-refractivity contribution in [1.29, 1.82) is 0 Å². The number of carbonyl (C=O) groups excluding carboxylic acids is 2. The summed E-state index contributed by atoms with van der Waals surface area (Å²) in [5.41, 5.74) is 0. The lowest BCUT2D eigenvalue weighted by atomic mass is 10.1. The monoisotopic (exact) mass is 356 g/mol. The maximum absolute atomic E-state index is 12.0. The Kier molecular flexibility index (Phi) is 8.13. The van der Waals surface area contributed by atoms with Crippen LogP contribution >= 0.6 is 0 Å². The van der Waals surface area contributed by atoms with Crippen molar-refractivity contribution in [1.82, 2.24) is 0 Å². The summed E-state index contributed by atoms with van der Waals surface area (Å²) < 4.78 is 11.1. The summed E-state index contributed by atoms with van der Waals surface area (Å²) in [7, 11) is 0. The molecule has 0 amide bonds. The second-order valence-electron chi connectivity index (χ2n) is 6.47. The van der Waals surface area contributed by atoms with Crippen LogP contribution in [0.3, 0.4) is 0 Å². The van der Waals surface area contributed by atoms with Crippen LogP contribution in [0.4, 0.5) is 0 Å². The molecule has 0 spiro atoms. The first-order valence-corrected chi connectivity index (χ1v) is 9.58. The lowest BCUT2D eigenvalue weighted by Gasteiger charge is -2.12. The molecule has 0 aromatic heterocycles. The fourth-order valence-corrected chi connectivity index (χ4v) is 2.81. The Morgan fingerprint density at radius 3 is 1.50 bits per heavy atom. The Morgan fingerprint density at radius 1 is 0.692 bits per heavy atom. The van der Waals surface area contributed by atoms with Crippen LogP contribution in [0.15, 0.2) is 36.4 Å². The molecule has 26 heavy (non-hydrogen) atoms. The zero-order valence-electron chi connectivity index (χ0n) is 15.8. The quantitative estimate of drug-likeness (QED) is 0.306. The average molecular weight is 356 g/mol. The predicted molar refractivity (Wildman–Crippen MR) is 104 cm³/mol. The van der Waals surface area contributed by atoms with Crippen LogP contribution in [0, 0.1) is 0 Å². The minimum atomic E-state index is -0.229. The molecule has 0 unspecified atom stereocenters. The van der Waals surface area contributed by atoms with Crippen molar-refractivity contribution in [2.45, 2.75) is 65.2 Å². The third kappa shape index (κ3) is 5.87. The lowest BCUT2D eigenvalue weighted by Crippen LogP contribution is -2.09. The average Bonchev–Trinajstić information content (AvgIpc) is 2.64. The Balaban J connectivity index is 2.12. The van der Waals surface area contributed by atoms with Crippen molar-refractivity contribution in [2.75, 3.05) is 0 Å². The molecule has 0 heterocycles. The van der Waals surface area contributed by atoms with E-state index in [0.29, 0.717) is 24.3 Å². The number of fused-ring (bicyclic) bond motifs is 1. The van der Waals surface area contributed by atoms with Crippen LogP contribution < -0.4 is 9.47 Å². The van der Waals surface area contributed by atoms with Gasteiger partial charge in [-0.25, -0.2) is 0 Å². The molecule has 0 bridgehead atoms. The van der Waals surface area contributed by atoms with Crippen molar-refractivity contribution in [3.8, 4) is 11.5 Å². The van der Waals surface area contributed by atoms with E-state index < -0.39 is 0 Å². The van der Waals surface area contributed by atoms with Crippen molar-refractivity contribution < 1.29 is 19.1 Å². The van der Waals surface area contributed by atoms with E-state index in [1.807, 2.05) is 24.3 Å². The molecular formula is C22H28O4. The van der Waals surface area contributed by atoms with Crippen molar-refractivity contribution in [2.24, 2.45) is 0 Å². The Morgan fingerprint density at radius 2 is 1.12 bits per heavy atom. The van der Waals surface area contributed by atoms with Gasteiger partial charge in [0.2, 0.25) is 0 Å². The number of hydrogen-bond donors (Lipinski definition) is 0. The van der Waals surface area contributed by atoms with Crippen LogP contribution in [0.1, 0.15) is 65.2 Å². The number of benzene rings is 2. The molecule has 0 aliphatic heterocycles. The molecule has 0 radical (unpaired) electrons. The predicted octanol–water partition coefficient (Wildman–Crippen LogP) is 5.81. The first-order chi connectivity index (χ1) is 12.7. The molecule has 0 N–H and O–H groups in total. The molecule has 4 heteroatoms. The van der Waals surface area contributed by atoms with Crippen LogP contribution in [0.5, 0.6) is 11.5 Å². The molecule has 0 aliphatic rings. The molecule has 140 valence electrons. The van der Waals surface area contributed by atoms with E-state index in [9.17, 15) is 9.59 Å². The van der Waals surface area contributed by atoms with Gasteiger partial charge in [-0.15, -0.1) is 0 Å². The standard InChI is InChI=1S/C22H28O4/c1-3-5-7-13-21(23)25-19-15-16-20(18-12-10-9-11-17(18)19)26-22(24)14-8-6-4-2/h9-12,15-16H,3-8,13-14H2,1-2H3. The SMILES string of the molecule is CCCCCC(=O)Oc1ccc(OC(=O)CCCCC)c2ccccc12. The summed E-state index contributed by atoms with van der Waals surface area (Å²) in [6.45, 7) is 4.20. The van der Waals surface area contributed by atoms with Gasteiger partial charge in [0.1, 0.15) is 11.5 Å². The summed E-state index contributed by atoms with van der Waals surface area (Å²) in [5, 5.41) is 1.55. The van der Waals surface area contributed by atoms with Gasteiger partial charge < -0.3 is 9.47 Å². The number of ether oxygens (including phenoxy) is 2. The fraction of sp³-hybridized carbons (Fsp3) is 0.455. The van der Waals surface area contributed by atoms with E-state index in [0.717, 1.165) is 49.3 Å². The van der Waals surface area contributed by atoms with Crippen LogP contribution in [0.25, 0.3) is 10.8 Å². The van der Waals surface area contributed by atoms with Crippen LogP contribution in [-0.2, 0) is 9.59 Å². The molecule has 0 saturated carbocycles. The Labute approximate surface area is 155 Å². The Bertz CT molecular complexity index is 673. The minimum absolute atomic E-state index is 0.229. The van der Waals surface area contributed by atoms with E-state index in [1.54, 1.807) is 12.1 Å². The molecule has 2 aromatic rings. The zero-order chi connectivity index (χ0) is 18.8. The maximum atomic E-state index is 12.0. The molecule has 0 atom stereocenters. The van der Waals surface area contributed by atoms with Crippen molar-refractivity contribution in [3.05, 3.63) is 36.4 Å². The molecule has 2 aromatic carbocycles. The van der Waals surface area contributed by atoms with Gasteiger partial charge in [-0.3, -0.25) is 9.59 Å². The summed E-state index contributed by atoms with van der Waals surface area (Å²) in [5.74, 6) is 0.557. The molecule has 4 nitrogen and oxygen atoms in total. The molecule has 0 saturated heterocycles. The number of esters is 2.